The molecule has 6 heteroatoms. The standard InChI is InChI=1S/C15H17NO5/c1-7(17)9-5-4-8(6-10(9)18)16-13(19)11-12(14(20)21)15(11,2)3/h4-6,11-12,18H,1-3H3,(H,16,19)(H,20,21)/t11-,12-/m0/s1. The Kier molecular flexibility index (Phi) is 3.49. The van der Waals surface area contributed by atoms with Crippen molar-refractivity contribution in [2.45, 2.75) is 20.8 Å². The topological polar surface area (TPSA) is 104 Å². The summed E-state index contributed by atoms with van der Waals surface area (Å²) >= 11 is 0. The van der Waals surface area contributed by atoms with Crippen molar-refractivity contribution >= 4 is 23.3 Å². The first-order valence-corrected chi connectivity index (χ1v) is 6.54. The average molecular weight is 291 g/mol. The number of hydrogen-bond donors (Lipinski definition) is 3. The number of phenolic OH excluding ortho intramolecular Hbond substituents is 1. The van der Waals surface area contributed by atoms with Crippen LogP contribution in [0.15, 0.2) is 18.2 Å². The molecule has 21 heavy (non-hydrogen) atoms. The van der Waals surface area contributed by atoms with Crippen LogP contribution in [0, 0.1) is 17.3 Å². The highest BCUT2D eigenvalue weighted by molar-refractivity contribution is 6.01. The minimum absolute atomic E-state index is 0.170. The zero-order chi connectivity index (χ0) is 15.9. The third-order valence-electron chi connectivity index (χ3n) is 4.02. The summed E-state index contributed by atoms with van der Waals surface area (Å²) in [7, 11) is 0. The zero-order valence-corrected chi connectivity index (χ0v) is 12.0. The molecule has 0 spiro atoms. The molecule has 0 heterocycles. The van der Waals surface area contributed by atoms with Gasteiger partial charge in [-0.3, -0.25) is 14.4 Å². The molecule has 0 saturated heterocycles. The smallest absolute Gasteiger partial charge is 0.307 e. The first-order valence-electron chi connectivity index (χ1n) is 6.54. The van der Waals surface area contributed by atoms with E-state index in [1.54, 1.807) is 13.8 Å². The summed E-state index contributed by atoms with van der Waals surface area (Å²) in [6.45, 7) is 4.79. The van der Waals surface area contributed by atoms with E-state index in [4.69, 9.17) is 5.11 Å². The second-order valence-corrected chi connectivity index (χ2v) is 5.89. The number of carboxylic acid groups (broad SMARTS) is 1. The number of nitrogens with one attached hydrogen (secondary N) is 1. The van der Waals surface area contributed by atoms with Gasteiger partial charge in [0.2, 0.25) is 5.91 Å². The molecule has 112 valence electrons. The van der Waals surface area contributed by atoms with Crippen LogP contribution in [0.4, 0.5) is 5.69 Å². The summed E-state index contributed by atoms with van der Waals surface area (Å²) in [5, 5.41) is 21.3. The molecule has 0 aliphatic heterocycles. The molecule has 1 aromatic rings. The third-order valence-corrected chi connectivity index (χ3v) is 4.02. The van der Waals surface area contributed by atoms with Crippen molar-refractivity contribution in [1.29, 1.82) is 0 Å². The monoisotopic (exact) mass is 291 g/mol. The van der Waals surface area contributed by atoms with Gasteiger partial charge in [0.05, 0.1) is 17.4 Å². The van der Waals surface area contributed by atoms with Crippen molar-refractivity contribution in [1.82, 2.24) is 0 Å². The Morgan fingerprint density at radius 2 is 1.81 bits per heavy atom. The lowest BCUT2D eigenvalue weighted by molar-refractivity contribution is -0.140. The number of aliphatic carboxylic acids is 1. The summed E-state index contributed by atoms with van der Waals surface area (Å²) in [5.41, 5.74) is -0.0883. The summed E-state index contributed by atoms with van der Waals surface area (Å²) in [4.78, 5) is 34.4. The normalized spacial score (nSPS) is 22.4. The van der Waals surface area contributed by atoms with Gasteiger partial charge in [-0.25, -0.2) is 0 Å². The Balaban J connectivity index is 2.13. The second kappa shape index (κ2) is 4.87. The summed E-state index contributed by atoms with van der Waals surface area (Å²) < 4.78 is 0. The number of phenols is 1. The number of aromatic hydroxyl groups is 1. The Hall–Kier alpha value is -2.37. The lowest BCUT2D eigenvalue weighted by Gasteiger charge is -2.08. The Labute approximate surface area is 121 Å². The summed E-state index contributed by atoms with van der Waals surface area (Å²) in [6.07, 6.45) is 0. The van der Waals surface area contributed by atoms with Gasteiger partial charge in [-0.15, -0.1) is 0 Å². The number of carboxylic acids is 1. The van der Waals surface area contributed by atoms with E-state index in [9.17, 15) is 19.5 Å². The molecule has 0 unspecified atom stereocenters. The van der Waals surface area contributed by atoms with E-state index >= 15 is 0 Å². The summed E-state index contributed by atoms with van der Waals surface area (Å²) in [5.74, 6) is -3.20. The third kappa shape index (κ3) is 2.61. The predicted molar refractivity (Wildman–Crippen MR) is 75.1 cm³/mol. The van der Waals surface area contributed by atoms with Crippen LogP contribution in [-0.4, -0.2) is 27.9 Å². The highest BCUT2D eigenvalue weighted by Gasteiger charge is 2.65. The van der Waals surface area contributed by atoms with Crippen LogP contribution in [0.1, 0.15) is 31.1 Å². The molecule has 3 N–H and O–H groups in total. The highest BCUT2D eigenvalue weighted by atomic mass is 16.4. The first-order chi connectivity index (χ1) is 9.66. The number of anilines is 1. The van der Waals surface area contributed by atoms with Crippen LogP contribution in [0.25, 0.3) is 0 Å². The van der Waals surface area contributed by atoms with Crippen molar-refractivity contribution in [3.05, 3.63) is 23.8 Å². The van der Waals surface area contributed by atoms with Gasteiger partial charge in [0.25, 0.3) is 0 Å². The van der Waals surface area contributed by atoms with Gasteiger partial charge in [-0.05, 0) is 24.5 Å². The van der Waals surface area contributed by atoms with Gasteiger partial charge in [0, 0.05) is 11.8 Å². The van der Waals surface area contributed by atoms with Crippen molar-refractivity contribution in [3.8, 4) is 5.75 Å². The van der Waals surface area contributed by atoms with Gasteiger partial charge in [0.1, 0.15) is 5.75 Å². The fourth-order valence-electron chi connectivity index (χ4n) is 2.72. The van der Waals surface area contributed by atoms with Crippen molar-refractivity contribution < 1.29 is 24.6 Å². The molecule has 1 amide bonds. The van der Waals surface area contributed by atoms with Crippen LogP contribution in [0.3, 0.4) is 0 Å². The molecule has 0 radical (unpaired) electrons. The van der Waals surface area contributed by atoms with E-state index in [-0.39, 0.29) is 17.1 Å². The molecule has 1 aliphatic rings. The molecule has 1 fully saturated rings. The molecule has 2 atom stereocenters. The number of carbonyl (C=O) groups is 3. The molecule has 6 nitrogen and oxygen atoms in total. The molecule has 2 rings (SSSR count). The molecule has 1 saturated carbocycles. The van der Waals surface area contributed by atoms with E-state index in [1.165, 1.54) is 25.1 Å². The maximum Gasteiger partial charge on any atom is 0.307 e. The fourth-order valence-corrected chi connectivity index (χ4v) is 2.72. The number of carbonyl (C=O) groups excluding carboxylic acids is 2. The van der Waals surface area contributed by atoms with Crippen molar-refractivity contribution in [2.24, 2.45) is 17.3 Å². The van der Waals surface area contributed by atoms with Gasteiger partial charge in [0.15, 0.2) is 5.78 Å². The maximum atomic E-state index is 12.1. The van der Waals surface area contributed by atoms with Crippen LogP contribution < -0.4 is 5.32 Å². The van der Waals surface area contributed by atoms with E-state index in [2.05, 4.69) is 5.32 Å². The Bertz CT molecular complexity index is 635. The number of benzene rings is 1. The maximum absolute atomic E-state index is 12.1. The van der Waals surface area contributed by atoms with Gasteiger partial charge >= 0.3 is 5.97 Å². The number of ketones is 1. The number of amides is 1. The highest BCUT2D eigenvalue weighted by Crippen LogP contribution is 2.58. The van der Waals surface area contributed by atoms with Crippen LogP contribution in [0.2, 0.25) is 0 Å². The molecular weight excluding hydrogens is 274 g/mol. The number of rotatable bonds is 4. The van der Waals surface area contributed by atoms with E-state index in [0.29, 0.717) is 5.69 Å². The molecule has 0 bridgehead atoms. The van der Waals surface area contributed by atoms with Crippen molar-refractivity contribution in [2.75, 3.05) is 5.32 Å². The minimum atomic E-state index is -0.991. The quantitative estimate of drug-likeness (QED) is 0.735. The number of hydrogen-bond acceptors (Lipinski definition) is 4. The molecule has 1 aliphatic carbocycles. The Morgan fingerprint density at radius 3 is 2.24 bits per heavy atom. The second-order valence-electron chi connectivity index (χ2n) is 5.89. The molecule has 0 aromatic heterocycles. The van der Waals surface area contributed by atoms with E-state index < -0.39 is 29.1 Å². The van der Waals surface area contributed by atoms with Crippen LogP contribution in [0.5, 0.6) is 5.75 Å². The SMILES string of the molecule is CC(=O)c1ccc(NC(=O)[C@@H]2[C@@H](C(=O)O)C2(C)C)cc1O. The number of Topliss-reactive ketones (excluding diaryl/α,β-unsaturated/α-hetero) is 1. The molecule has 1 aromatic carbocycles. The summed E-state index contributed by atoms with van der Waals surface area (Å²) in [6, 6.07) is 4.19. The fraction of sp³-hybridized carbons (Fsp3) is 0.400. The van der Waals surface area contributed by atoms with E-state index in [0.717, 1.165) is 0 Å². The first kappa shape index (κ1) is 15.0. The lowest BCUT2D eigenvalue weighted by atomic mass is 10.1. The lowest BCUT2D eigenvalue weighted by Crippen LogP contribution is -2.17. The van der Waals surface area contributed by atoms with Gasteiger partial charge < -0.3 is 15.5 Å². The van der Waals surface area contributed by atoms with Gasteiger partial charge in [-0.1, -0.05) is 13.8 Å². The minimum Gasteiger partial charge on any atom is -0.507 e. The Morgan fingerprint density at radius 1 is 1.19 bits per heavy atom. The predicted octanol–water partition coefficient (Wildman–Crippen LogP) is 1.89. The van der Waals surface area contributed by atoms with Gasteiger partial charge in [-0.2, -0.15) is 0 Å². The van der Waals surface area contributed by atoms with Crippen LogP contribution in [-0.2, 0) is 9.59 Å². The van der Waals surface area contributed by atoms with Crippen LogP contribution >= 0.6 is 0 Å². The zero-order valence-electron chi connectivity index (χ0n) is 12.0. The largest absolute Gasteiger partial charge is 0.507 e. The van der Waals surface area contributed by atoms with E-state index in [1.807, 2.05) is 0 Å². The molecular formula is C15H17NO5. The average Bonchev–Trinajstić information content (AvgIpc) is 2.92. The van der Waals surface area contributed by atoms with Crippen molar-refractivity contribution in [3.63, 3.8) is 0 Å².